The van der Waals surface area contributed by atoms with E-state index < -0.39 is 0 Å². The van der Waals surface area contributed by atoms with Crippen molar-refractivity contribution in [2.75, 3.05) is 6.54 Å². The molecule has 1 aliphatic rings. The van der Waals surface area contributed by atoms with E-state index in [1.807, 2.05) is 18.7 Å². The third-order valence-corrected chi connectivity index (χ3v) is 4.73. The normalized spacial score (nSPS) is 19.3. The Bertz CT molecular complexity index is 723. The Balaban J connectivity index is 1.89. The van der Waals surface area contributed by atoms with Crippen LogP contribution in [0.2, 0.25) is 0 Å². The van der Waals surface area contributed by atoms with Crippen molar-refractivity contribution in [1.29, 1.82) is 0 Å². The lowest BCUT2D eigenvalue weighted by Crippen LogP contribution is -2.51. The van der Waals surface area contributed by atoms with Gasteiger partial charge in [0.25, 0.3) is 5.91 Å². The van der Waals surface area contributed by atoms with Gasteiger partial charge in [0.1, 0.15) is 5.82 Å². The number of halogens is 1. The van der Waals surface area contributed by atoms with Crippen molar-refractivity contribution in [2.45, 2.75) is 45.2 Å². The predicted octanol–water partition coefficient (Wildman–Crippen LogP) is 2.66. The van der Waals surface area contributed by atoms with Gasteiger partial charge < -0.3 is 10.6 Å². The van der Waals surface area contributed by atoms with Gasteiger partial charge in [0.05, 0.1) is 23.1 Å². The van der Waals surface area contributed by atoms with Crippen molar-refractivity contribution >= 4 is 5.91 Å². The number of carbonyl (C=O) groups is 1. The predicted molar refractivity (Wildman–Crippen MR) is 90.6 cm³/mol. The highest BCUT2D eigenvalue weighted by Crippen LogP contribution is 2.23. The largest absolute Gasteiger partial charge is 0.334 e. The smallest absolute Gasteiger partial charge is 0.257 e. The number of carbonyl (C=O) groups excluding carboxylic acids is 1. The number of hydrogen-bond acceptors (Lipinski definition) is 3. The summed E-state index contributed by atoms with van der Waals surface area (Å²) in [5, 5.41) is 4.32. The van der Waals surface area contributed by atoms with Crippen molar-refractivity contribution in [2.24, 2.45) is 5.73 Å². The summed E-state index contributed by atoms with van der Waals surface area (Å²) in [5.41, 5.74) is 8.13. The number of amides is 1. The van der Waals surface area contributed by atoms with E-state index in [2.05, 4.69) is 5.10 Å². The van der Waals surface area contributed by atoms with Crippen molar-refractivity contribution < 1.29 is 9.18 Å². The number of benzene rings is 1. The molecule has 2 atom stereocenters. The molecule has 1 amide bonds. The molecule has 2 N–H and O–H groups in total. The molecule has 128 valence electrons. The minimum Gasteiger partial charge on any atom is -0.334 e. The first-order chi connectivity index (χ1) is 11.5. The van der Waals surface area contributed by atoms with Crippen LogP contribution >= 0.6 is 0 Å². The fourth-order valence-electron chi connectivity index (χ4n) is 3.37. The molecule has 3 rings (SSSR count). The van der Waals surface area contributed by atoms with Gasteiger partial charge in [-0.15, -0.1) is 0 Å². The Hall–Kier alpha value is -2.21. The molecule has 24 heavy (non-hydrogen) atoms. The molecule has 6 heteroatoms. The maximum Gasteiger partial charge on any atom is 0.257 e. The number of nitrogens with two attached hydrogens (primary N) is 1. The van der Waals surface area contributed by atoms with Gasteiger partial charge in [-0.1, -0.05) is 0 Å². The van der Waals surface area contributed by atoms with E-state index in [1.54, 1.807) is 23.0 Å². The summed E-state index contributed by atoms with van der Waals surface area (Å²) in [6.45, 7) is 4.53. The van der Waals surface area contributed by atoms with Crippen LogP contribution in [0.15, 0.2) is 30.5 Å². The number of rotatable bonds is 3. The SMILES string of the molecule is Cc1c(C(=O)N2CCCC[C@@H]2[C@@H](C)N)cnn1-c1ccc(F)cc1. The summed E-state index contributed by atoms with van der Waals surface area (Å²) in [6.07, 6.45) is 4.63. The highest BCUT2D eigenvalue weighted by molar-refractivity contribution is 5.95. The zero-order chi connectivity index (χ0) is 17.3. The van der Waals surface area contributed by atoms with Crippen LogP contribution in [-0.4, -0.2) is 39.2 Å². The third-order valence-electron chi connectivity index (χ3n) is 4.73. The van der Waals surface area contributed by atoms with Crippen LogP contribution in [0, 0.1) is 12.7 Å². The van der Waals surface area contributed by atoms with Gasteiger partial charge >= 0.3 is 0 Å². The first-order valence-electron chi connectivity index (χ1n) is 8.36. The van der Waals surface area contributed by atoms with Crippen molar-refractivity contribution in [3.63, 3.8) is 0 Å². The van der Waals surface area contributed by atoms with E-state index in [-0.39, 0.29) is 23.8 Å². The molecule has 0 spiro atoms. The van der Waals surface area contributed by atoms with Crippen LogP contribution < -0.4 is 5.73 Å². The Labute approximate surface area is 141 Å². The first-order valence-corrected chi connectivity index (χ1v) is 8.36. The van der Waals surface area contributed by atoms with E-state index in [0.717, 1.165) is 37.2 Å². The molecule has 0 unspecified atom stereocenters. The van der Waals surface area contributed by atoms with Gasteiger partial charge in [-0.25, -0.2) is 9.07 Å². The Morgan fingerprint density at radius 1 is 1.33 bits per heavy atom. The Morgan fingerprint density at radius 2 is 2.04 bits per heavy atom. The maximum atomic E-state index is 13.1. The highest BCUT2D eigenvalue weighted by Gasteiger charge is 2.31. The van der Waals surface area contributed by atoms with Gasteiger partial charge in [0.2, 0.25) is 0 Å². The first kappa shape index (κ1) is 16.6. The second-order valence-corrected chi connectivity index (χ2v) is 6.45. The Kier molecular flexibility index (Phi) is 4.66. The fraction of sp³-hybridized carbons (Fsp3) is 0.444. The van der Waals surface area contributed by atoms with Crippen molar-refractivity contribution in [3.05, 3.63) is 47.5 Å². The molecular weight excluding hydrogens is 307 g/mol. The topological polar surface area (TPSA) is 64.2 Å². The summed E-state index contributed by atoms with van der Waals surface area (Å²) in [4.78, 5) is 14.9. The molecule has 1 fully saturated rings. The average molecular weight is 330 g/mol. The van der Waals surface area contributed by atoms with Crippen LogP contribution in [0.3, 0.4) is 0 Å². The lowest BCUT2D eigenvalue weighted by atomic mass is 9.96. The fourth-order valence-corrected chi connectivity index (χ4v) is 3.37. The zero-order valence-corrected chi connectivity index (χ0v) is 14.1. The molecule has 0 bridgehead atoms. The second-order valence-electron chi connectivity index (χ2n) is 6.45. The minimum atomic E-state index is -0.298. The number of aromatic nitrogens is 2. The van der Waals surface area contributed by atoms with Gasteiger partial charge in [-0.05, 0) is 57.4 Å². The molecule has 1 aromatic heterocycles. The molecule has 0 radical (unpaired) electrons. The van der Waals surface area contributed by atoms with Gasteiger partial charge in [-0.3, -0.25) is 4.79 Å². The van der Waals surface area contributed by atoms with Crippen LogP contribution in [0.1, 0.15) is 42.2 Å². The molecule has 2 heterocycles. The maximum absolute atomic E-state index is 13.1. The van der Waals surface area contributed by atoms with Gasteiger partial charge in [0.15, 0.2) is 0 Å². The molecule has 2 aromatic rings. The average Bonchev–Trinajstić information content (AvgIpc) is 2.96. The molecular formula is C18H23FN4O. The quantitative estimate of drug-likeness (QED) is 0.941. The van der Waals surface area contributed by atoms with Crippen molar-refractivity contribution in [1.82, 2.24) is 14.7 Å². The summed E-state index contributed by atoms with van der Waals surface area (Å²) in [7, 11) is 0. The van der Waals surface area contributed by atoms with Crippen LogP contribution in [0.5, 0.6) is 0 Å². The second kappa shape index (κ2) is 6.73. The number of hydrogen-bond donors (Lipinski definition) is 1. The number of nitrogens with zero attached hydrogens (tertiary/aromatic N) is 3. The molecule has 5 nitrogen and oxygen atoms in total. The summed E-state index contributed by atoms with van der Waals surface area (Å²) < 4.78 is 14.8. The monoisotopic (exact) mass is 330 g/mol. The van der Waals surface area contributed by atoms with Crippen LogP contribution in [-0.2, 0) is 0 Å². The Morgan fingerprint density at radius 3 is 2.71 bits per heavy atom. The lowest BCUT2D eigenvalue weighted by Gasteiger charge is -2.38. The van der Waals surface area contributed by atoms with Gasteiger partial charge in [0, 0.05) is 18.6 Å². The molecule has 1 aliphatic heterocycles. The van der Waals surface area contributed by atoms with E-state index in [1.165, 1.54) is 12.1 Å². The van der Waals surface area contributed by atoms with E-state index in [9.17, 15) is 9.18 Å². The molecule has 1 aromatic carbocycles. The van der Waals surface area contributed by atoms with E-state index in [4.69, 9.17) is 5.73 Å². The number of piperidine rings is 1. The van der Waals surface area contributed by atoms with Crippen LogP contribution in [0.25, 0.3) is 5.69 Å². The molecule has 1 saturated heterocycles. The van der Waals surface area contributed by atoms with Crippen molar-refractivity contribution in [3.8, 4) is 5.69 Å². The molecule has 0 saturated carbocycles. The standard InChI is InChI=1S/C18H23FN4O/c1-12(20)17-5-3-4-10-22(17)18(24)16-11-21-23(13(16)2)15-8-6-14(19)7-9-15/h6-9,11-12,17H,3-5,10,20H2,1-2H3/t12-,17-/m1/s1. The highest BCUT2D eigenvalue weighted by atomic mass is 19.1. The zero-order valence-electron chi connectivity index (χ0n) is 14.1. The van der Waals surface area contributed by atoms with Crippen LogP contribution in [0.4, 0.5) is 4.39 Å². The minimum absolute atomic E-state index is 0.0251. The third kappa shape index (κ3) is 3.06. The summed E-state index contributed by atoms with van der Waals surface area (Å²) >= 11 is 0. The van der Waals surface area contributed by atoms with E-state index in [0.29, 0.717) is 5.56 Å². The lowest BCUT2D eigenvalue weighted by molar-refractivity contribution is 0.0583. The van der Waals surface area contributed by atoms with Gasteiger partial charge in [-0.2, -0.15) is 5.10 Å². The molecule has 0 aliphatic carbocycles. The summed E-state index contributed by atoms with van der Waals surface area (Å²) in [5.74, 6) is -0.323. The van der Waals surface area contributed by atoms with E-state index >= 15 is 0 Å². The summed E-state index contributed by atoms with van der Waals surface area (Å²) in [6, 6.07) is 6.08. The number of likely N-dealkylation sites (tertiary alicyclic amines) is 1.